The smallest absolute Gasteiger partial charge is 0.422 e. The Morgan fingerprint density at radius 2 is 1.79 bits per heavy atom. The summed E-state index contributed by atoms with van der Waals surface area (Å²) in [6.07, 6.45) is -4.36. The van der Waals surface area contributed by atoms with Crippen LogP contribution in [0, 0.1) is 0 Å². The Morgan fingerprint density at radius 1 is 1.17 bits per heavy atom. The van der Waals surface area contributed by atoms with Gasteiger partial charge in [0.2, 0.25) is 0 Å². The van der Waals surface area contributed by atoms with Crippen molar-refractivity contribution in [3.8, 4) is 5.75 Å². The minimum Gasteiger partial charge on any atom is -0.484 e. The van der Waals surface area contributed by atoms with Crippen LogP contribution in [0.3, 0.4) is 0 Å². The highest BCUT2D eigenvalue weighted by molar-refractivity contribution is 14.0. The fourth-order valence-corrected chi connectivity index (χ4v) is 1.76. The second-order valence-electron chi connectivity index (χ2n) is 6.08. The minimum atomic E-state index is -4.36. The Labute approximate surface area is 158 Å². The van der Waals surface area contributed by atoms with Gasteiger partial charge in [-0.3, -0.25) is 0 Å². The van der Waals surface area contributed by atoms with Crippen LogP contribution in [0.1, 0.15) is 33.3 Å². The molecule has 0 bridgehead atoms. The average molecular weight is 459 g/mol. The molecule has 0 fully saturated rings. The molecule has 0 heterocycles. The quantitative estimate of drug-likeness (QED) is 0.396. The monoisotopic (exact) mass is 459 g/mol. The van der Waals surface area contributed by atoms with E-state index >= 15 is 0 Å². The Kier molecular flexibility index (Phi) is 9.46. The second-order valence-corrected chi connectivity index (χ2v) is 6.08. The number of rotatable bonds is 5. The first kappa shape index (κ1) is 22.8. The van der Waals surface area contributed by atoms with Gasteiger partial charge < -0.3 is 15.4 Å². The molecule has 0 aromatic heterocycles. The van der Waals surface area contributed by atoms with E-state index in [1.165, 1.54) is 6.07 Å². The number of hydrogen-bond acceptors (Lipinski definition) is 2. The van der Waals surface area contributed by atoms with Crippen molar-refractivity contribution in [3.63, 3.8) is 0 Å². The molecule has 24 heavy (non-hydrogen) atoms. The molecule has 1 rings (SSSR count). The van der Waals surface area contributed by atoms with E-state index in [1.807, 2.05) is 27.7 Å². The number of benzene rings is 1. The first-order valence-electron chi connectivity index (χ1n) is 7.44. The number of nitrogens with one attached hydrogen (secondary N) is 2. The van der Waals surface area contributed by atoms with Gasteiger partial charge in [-0.15, -0.1) is 24.0 Å². The number of alkyl halides is 3. The van der Waals surface area contributed by atoms with Gasteiger partial charge in [0, 0.05) is 17.6 Å². The molecule has 2 N–H and O–H groups in total. The number of aliphatic imine (C=N–C) groups is 1. The molecule has 138 valence electrons. The van der Waals surface area contributed by atoms with Crippen LogP contribution < -0.4 is 15.4 Å². The van der Waals surface area contributed by atoms with Crippen molar-refractivity contribution in [1.29, 1.82) is 0 Å². The fraction of sp³-hybridized carbons (Fsp3) is 0.562. The maximum Gasteiger partial charge on any atom is 0.422 e. The summed E-state index contributed by atoms with van der Waals surface area (Å²) in [4.78, 5) is 4.41. The standard InChI is InChI=1S/C16H24F3N3O.HI/c1-5-20-14(22-15(2,3)4)21-10-12-8-6-7-9-13(12)23-11-16(17,18)19;/h6-9H,5,10-11H2,1-4H3,(H2,20,21,22);1H. The van der Waals surface area contributed by atoms with Crippen LogP contribution in [0.2, 0.25) is 0 Å². The molecule has 1 aromatic rings. The van der Waals surface area contributed by atoms with Crippen molar-refractivity contribution in [2.24, 2.45) is 4.99 Å². The third-order valence-electron chi connectivity index (χ3n) is 2.61. The summed E-state index contributed by atoms with van der Waals surface area (Å²) < 4.78 is 41.8. The topological polar surface area (TPSA) is 45.7 Å². The van der Waals surface area contributed by atoms with Gasteiger partial charge in [-0.25, -0.2) is 4.99 Å². The van der Waals surface area contributed by atoms with E-state index in [2.05, 4.69) is 15.6 Å². The molecule has 1 aromatic carbocycles. The van der Waals surface area contributed by atoms with Gasteiger partial charge in [0.25, 0.3) is 0 Å². The summed E-state index contributed by atoms with van der Waals surface area (Å²) in [5, 5.41) is 6.32. The lowest BCUT2D eigenvalue weighted by Crippen LogP contribution is -2.47. The number of nitrogens with zero attached hydrogens (tertiary/aromatic N) is 1. The summed E-state index contributed by atoms with van der Waals surface area (Å²) in [5.74, 6) is 0.797. The number of para-hydroxylation sites is 1. The van der Waals surface area contributed by atoms with Crippen LogP contribution in [0.5, 0.6) is 5.75 Å². The predicted molar refractivity (Wildman–Crippen MR) is 101 cm³/mol. The van der Waals surface area contributed by atoms with Gasteiger partial charge in [-0.05, 0) is 33.8 Å². The Balaban J connectivity index is 0.00000529. The van der Waals surface area contributed by atoms with Crippen LogP contribution in [0.25, 0.3) is 0 Å². The van der Waals surface area contributed by atoms with Gasteiger partial charge >= 0.3 is 6.18 Å². The second kappa shape index (κ2) is 9.95. The first-order chi connectivity index (χ1) is 10.6. The average Bonchev–Trinajstić information content (AvgIpc) is 2.41. The third kappa shape index (κ3) is 9.84. The van der Waals surface area contributed by atoms with E-state index in [0.29, 0.717) is 18.1 Å². The molecule has 0 aliphatic heterocycles. The summed E-state index contributed by atoms with van der Waals surface area (Å²) in [6, 6.07) is 6.60. The fourth-order valence-electron chi connectivity index (χ4n) is 1.76. The van der Waals surface area contributed by atoms with Crippen LogP contribution in [-0.4, -0.2) is 30.8 Å². The van der Waals surface area contributed by atoms with Gasteiger partial charge in [0.1, 0.15) is 5.75 Å². The highest BCUT2D eigenvalue weighted by Gasteiger charge is 2.28. The number of ether oxygens (including phenoxy) is 1. The first-order valence-corrected chi connectivity index (χ1v) is 7.44. The zero-order valence-corrected chi connectivity index (χ0v) is 16.7. The third-order valence-corrected chi connectivity index (χ3v) is 2.61. The van der Waals surface area contributed by atoms with Crippen LogP contribution in [-0.2, 0) is 6.54 Å². The van der Waals surface area contributed by atoms with Gasteiger partial charge in [-0.1, -0.05) is 18.2 Å². The van der Waals surface area contributed by atoms with E-state index in [-0.39, 0.29) is 41.8 Å². The molecular formula is C16H25F3IN3O. The summed E-state index contributed by atoms with van der Waals surface area (Å²) in [5.41, 5.74) is 0.427. The van der Waals surface area contributed by atoms with E-state index < -0.39 is 12.8 Å². The van der Waals surface area contributed by atoms with Gasteiger partial charge in [0.05, 0.1) is 6.54 Å². The zero-order chi connectivity index (χ0) is 17.5. The Morgan fingerprint density at radius 3 is 2.33 bits per heavy atom. The highest BCUT2D eigenvalue weighted by Crippen LogP contribution is 2.22. The highest BCUT2D eigenvalue weighted by atomic mass is 127. The predicted octanol–water partition coefficient (Wildman–Crippen LogP) is 4.10. The Hall–Kier alpha value is -1.19. The van der Waals surface area contributed by atoms with E-state index in [0.717, 1.165) is 0 Å². The minimum absolute atomic E-state index is 0. The molecule has 0 aliphatic rings. The largest absolute Gasteiger partial charge is 0.484 e. The molecule has 4 nitrogen and oxygen atoms in total. The van der Waals surface area contributed by atoms with Crippen molar-refractivity contribution in [2.75, 3.05) is 13.2 Å². The van der Waals surface area contributed by atoms with Crippen LogP contribution in [0.4, 0.5) is 13.2 Å². The van der Waals surface area contributed by atoms with Crippen molar-refractivity contribution in [1.82, 2.24) is 10.6 Å². The van der Waals surface area contributed by atoms with Crippen molar-refractivity contribution in [3.05, 3.63) is 29.8 Å². The number of guanidine groups is 1. The van der Waals surface area contributed by atoms with Crippen LogP contribution >= 0.6 is 24.0 Å². The normalized spacial score (nSPS) is 12.4. The molecule has 0 radical (unpaired) electrons. The summed E-state index contributed by atoms with van der Waals surface area (Å²) in [6.45, 7) is 7.54. The lowest BCUT2D eigenvalue weighted by molar-refractivity contribution is -0.153. The molecule has 0 amide bonds. The molecule has 0 unspecified atom stereocenters. The summed E-state index contributed by atoms with van der Waals surface area (Å²) >= 11 is 0. The maximum absolute atomic E-state index is 12.3. The summed E-state index contributed by atoms with van der Waals surface area (Å²) in [7, 11) is 0. The molecule has 8 heteroatoms. The number of halogens is 4. The van der Waals surface area contributed by atoms with Gasteiger partial charge in [0.15, 0.2) is 12.6 Å². The lowest BCUT2D eigenvalue weighted by atomic mass is 10.1. The SMILES string of the molecule is CCNC(=NCc1ccccc1OCC(F)(F)F)NC(C)(C)C.I. The number of hydrogen-bond donors (Lipinski definition) is 2. The maximum atomic E-state index is 12.3. The van der Waals surface area contributed by atoms with E-state index in [1.54, 1.807) is 18.2 Å². The lowest BCUT2D eigenvalue weighted by Gasteiger charge is -2.23. The van der Waals surface area contributed by atoms with Crippen LogP contribution in [0.15, 0.2) is 29.3 Å². The zero-order valence-electron chi connectivity index (χ0n) is 14.3. The van der Waals surface area contributed by atoms with Crippen molar-refractivity contribution >= 4 is 29.9 Å². The van der Waals surface area contributed by atoms with E-state index in [4.69, 9.17) is 4.74 Å². The molecular weight excluding hydrogens is 434 g/mol. The molecule has 0 atom stereocenters. The Bertz CT molecular complexity index is 528. The van der Waals surface area contributed by atoms with E-state index in [9.17, 15) is 13.2 Å². The van der Waals surface area contributed by atoms with Crippen molar-refractivity contribution < 1.29 is 17.9 Å². The molecule has 0 saturated heterocycles. The molecule has 0 aliphatic carbocycles. The molecule has 0 saturated carbocycles. The van der Waals surface area contributed by atoms with Crippen molar-refractivity contribution in [2.45, 2.75) is 46.0 Å². The molecule has 0 spiro atoms. The van der Waals surface area contributed by atoms with Gasteiger partial charge in [-0.2, -0.15) is 13.2 Å².